The monoisotopic (exact) mass is 866 g/mol. The van der Waals surface area contributed by atoms with Gasteiger partial charge < -0.3 is 9.47 Å². The summed E-state index contributed by atoms with van der Waals surface area (Å²) in [7, 11) is 0. The predicted octanol–water partition coefficient (Wildman–Crippen LogP) is 18.3. The van der Waals surface area contributed by atoms with Crippen molar-refractivity contribution >= 4 is 38.9 Å². The molecule has 2 nitrogen and oxygen atoms in total. The van der Waals surface area contributed by atoms with E-state index in [1.165, 1.54) is 66.3 Å². The molecule has 320 valence electrons. The molecule has 0 atom stereocenters. The van der Waals surface area contributed by atoms with Gasteiger partial charge in [-0.05, 0) is 104 Å². The number of nitrogens with zero attached hydrogens (tertiary/aromatic N) is 2. The average Bonchev–Trinajstić information content (AvgIpc) is 3.77. The fraction of sp³-hybridized carbons (Fsp3) is 0. The smallest absolute Gasteiger partial charge is 0.0619 e. The molecular formula is C66H46N2. The van der Waals surface area contributed by atoms with Crippen molar-refractivity contribution in [3.05, 3.63) is 279 Å². The second kappa shape index (κ2) is 17.8. The average molecular weight is 867 g/mol. The van der Waals surface area contributed by atoms with E-state index in [0.717, 1.165) is 45.0 Å². The number of rotatable bonds is 10. The molecule has 0 radical (unpaired) electrons. The maximum absolute atomic E-state index is 2.46. The van der Waals surface area contributed by atoms with Crippen LogP contribution in [0.3, 0.4) is 0 Å². The van der Waals surface area contributed by atoms with E-state index in [1.54, 1.807) is 0 Å². The summed E-state index contributed by atoms with van der Waals surface area (Å²) < 4.78 is 2.43. The summed E-state index contributed by atoms with van der Waals surface area (Å²) in [6, 6.07) is 101. The van der Waals surface area contributed by atoms with Crippen molar-refractivity contribution in [1.29, 1.82) is 0 Å². The number of hydrogen-bond acceptors (Lipinski definition) is 1. The molecule has 12 rings (SSSR count). The highest BCUT2D eigenvalue weighted by atomic mass is 15.1. The Balaban J connectivity index is 1.08. The molecule has 0 saturated carbocycles. The van der Waals surface area contributed by atoms with Crippen LogP contribution in [0, 0.1) is 0 Å². The van der Waals surface area contributed by atoms with Gasteiger partial charge in [-0.25, -0.2) is 0 Å². The van der Waals surface area contributed by atoms with E-state index in [2.05, 4.69) is 289 Å². The second-order valence-electron chi connectivity index (χ2n) is 17.2. The van der Waals surface area contributed by atoms with Gasteiger partial charge in [-0.1, -0.05) is 231 Å². The molecule has 0 amide bonds. The molecule has 11 aromatic carbocycles. The van der Waals surface area contributed by atoms with Gasteiger partial charge >= 0.3 is 0 Å². The first-order valence-electron chi connectivity index (χ1n) is 23.3. The molecule has 0 aliphatic rings. The lowest BCUT2D eigenvalue weighted by Crippen LogP contribution is -2.12. The highest BCUT2D eigenvalue weighted by molar-refractivity contribution is 6.14. The number of para-hydroxylation sites is 3. The SMILES string of the molecule is c1ccc(-c2ccc(-c3ccc(N(c4cccc(-c5cccc6c7ccccc7n(-c7ccccc7)c56)c4)c4cccc(-c5ccccc5)c4-c4ccccc4-c4ccccc4)cc3)cc2)cc1. The lowest BCUT2D eigenvalue weighted by Gasteiger charge is -2.30. The lowest BCUT2D eigenvalue weighted by atomic mass is 9.87. The second-order valence-corrected chi connectivity index (χ2v) is 17.2. The zero-order chi connectivity index (χ0) is 45.2. The molecule has 0 spiro atoms. The Morgan fingerprint density at radius 1 is 0.265 bits per heavy atom. The highest BCUT2D eigenvalue weighted by Crippen LogP contribution is 2.49. The molecular weight excluding hydrogens is 821 g/mol. The Bertz CT molecular complexity index is 3690. The van der Waals surface area contributed by atoms with Crippen molar-refractivity contribution < 1.29 is 0 Å². The molecule has 12 aromatic rings. The number of fused-ring (bicyclic) bond motifs is 3. The zero-order valence-electron chi connectivity index (χ0n) is 37.5. The zero-order valence-corrected chi connectivity index (χ0v) is 37.5. The molecule has 1 heterocycles. The van der Waals surface area contributed by atoms with E-state index >= 15 is 0 Å². The minimum Gasteiger partial charge on any atom is -0.310 e. The molecule has 0 bridgehead atoms. The molecule has 0 fully saturated rings. The topological polar surface area (TPSA) is 8.17 Å². The molecule has 0 saturated heterocycles. The van der Waals surface area contributed by atoms with Gasteiger partial charge in [0.05, 0.1) is 16.7 Å². The third kappa shape index (κ3) is 7.45. The van der Waals surface area contributed by atoms with Crippen LogP contribution in [0.1, 0.15) is 0 Å². The van der Waals surface area contributed by atoms with Gasteiger partial charge in [0.15, 0.2) is 0 Å². The number of aromatic nitrogens is 1. The van der Waals surface area contributed by atoms with Gasteiger partial charge in [0.25, 0.3) is 0 Å². The van der Waals surface area contributed by atoms with Crippen molar-refractivity contribution in [3.63, 3.8) is 0 Å². The standard InChI is InChI=1S/C66H46N2/c1-5-20-47(21-6-1)48-38-40-49(41-39-48)50-42-44-55(45-43-50)67(64-37-19-33-58(52-24-9-3-10-25-52)65(64)61-32-14-13-30-57(61)51-22-7-2-8-23-51)56-29-17-26-53(46-56)59-34-18-35-62-60-31-15-16-36-63(60)68(66(59)62)54-27-11-4-12-28-54/h1-46H. The molecule has 0 aliphatic heterocycles. The van der Waals surface area contributed by atoms with E-state index < -0.39 is 0 Å². The Hall–Kier alpha value is -8.98. The van der Waals surface area contributed by atoms with Crippen molar-refractivity contribution in [1.82, 2.24) is 4.57 Å². The summed E-state index contributed by atoms with van der Waals surface area (Å²) in [5.74, 6) is 0. The number of anilines is 3. The molecule has 0 unspecified atom stereocenters. The van der Waals surface area contributed by atoms with Gasteiger partial charge in [-0.2, -0.15) is 0 Å². The predicted molar refractivity (Wildman–Crippen MR) is 288 cm³/mol. The maximum atomic E-state index is 2.46. The molecule has 0 aliphatic carbocycles. The molecule has 2 heteroatoms. The van der Waals surface area contributed by atoms with Crippen LogP contribution in [0.15, 0.2) is 279 Å². The molecule has 1 aromatic heterocycles. The van der Waals surface area contributed by atoms with Gasteiger partial charge in [0.1, 0.15) is 0 Å². The van der Waals surface area contributed by atoms with Crippen LogP contribution < -0.4 is 4.90 Å². The summed E-state index contributed by atoms with van der Waals surface area (Å²) in [5, 5.41) is 2.46. The summed E-state index contributed by atoms with van der Waals surface area (Å²) in [5.41, 5.74) is 20.8. The van der Waals surface area contributed by atoms with E-state index in [-0.39, 0.29) is 0 Å². The Labute approximate surface area is 397 Å². The minimum atomic E-state index is 1.06. The first-order valence-corrected chi connectivity index (χ1v) is 23.3. The fourth-order valence-corrected chi connectivity index (χ4v) is 10.1. The Morgan fingerprint density at radius 3 is 1.40 bits per heavy atom. The van der Waals surface area contributed by atoms with Crippen LogP contribution in [0.5, 0.6) is 0 Å². The Kier molecular flexibility index (Phi) is 10.6. The van der Waals surface area contributed by atoms with E-state index in [1.807, 2.05) is 0 Å². The van der Waals surface area contributed by atoms with Gasteiger partial charge in [-0.15, -0.1) is 0 Å². The van der Waals surface area contributed by atoms with Gasteiger partial charge in [-0.3, -0.25) is 0 Å². The van der Waals surface area contributed by atoms with Crippen molar-refractivity contribution in [2.45, 2.75) is 0 Å². The summed E-state index contributed by atoms with van der Waals surface area (Å²) in [6.45, 7) is 0. The van der Waals surface area contributed by atoms with E-state index in [4.69, 9.17) is 0 Å². The van der Waals surface area contributed by atoms with E-state index in [9.17, 15) is 0 Å². The quantitative estimate of drug-likeness (QED) is 0.133. The molecule has 0 N–H and O–H groups in total. The highest BCUT2D eigenvalue weighted by Gasteiger charge is 2.24. The summed E-state index contributed by atoms with van der Waals surface area (Å²) in [6.07, 6.45) is 0. The molecule has 68 heavy (non-hydrogen) atoms. The van der Waals surface area contributed by atoms with Crippen LogP contribution in [0.25, 0.3) is 94.3 Å². The summed E-state index contributed by atoms with van der Waals surface area (Å²) >= 11 is 0. The third-order valence-electron chi connectivity index (χ3n) is 13.2. The van der Waals surface area contributed by atoms with Crippen LogP contribution in [0.4, 0.5) is 17.1 Å². The largest absolute Gasteiger partial charge is 0.310 e. The van der Waals surface area contributed by atoms with E-state index in [0.29, 0.717) is 0 Å². The van der Waals surface area contributed by atoms with Crippen LogP contribution in [0.2, 0.25) is 0 Å². The number of hydrogen-bond donors (Lipinski definition) is 0. The third-order valence-corrected chi connectivity index (χ3v) is 13.2. The van der Waals surface area contributed by atoms with Crippen LogP contribution in [-0.2, 0) is 0 Å². The van der Waals surface area contributed by atoms with Crippen molar-refractivity contribution in [3.8, 4) is 72.4 Å². The van der Waals surface area contributed by atoms with Gasteiger partial charge in [0, 0.05) is 39.0 Å². The Morgan fingerprint density at radius 2 is 0.721 bits per heavy atom. The maximum Gasteiger partial charge on any atom is 0.0619 e. The first kappa shape index (κ1) is 40.5. The van der Waals surface area contributed by atoms with Crippen molar-refractivity contribution in [2.75, 3.05) is 4.90 Å². The van der Waals surface area contributed by atoms with Crippen LogP contribution in [-0.4, -0.2) is 4.57 Å². The van der Waals surface area contributed by atoms with Crippen molar-refractivity contribution in [2.24, 2.45) is 0 Å². The van der Waals surface area contributed by atoms with Gasteiger partial charge in [0.2, 0.25) is 0 Å². The van der Waals surface area contributed by atoms with Crippen LogP contribution >= 0.6 is 0 Å². The first-order chi connectivity index (χ1) is 33.8. The normalized spacial score (nSPS) is 11.2. The number of benzene rings is 11. The minimum absolute atomic E-state index is 1.06. The lowest BCUT2D eigenvalue weighted by molar-refractivity contribution is 1.18. The fourth-order valence-electron chi connectivity index (χ4n) is 10.1. The summed E-state index contributed by atoms with van der Waals surface area (Å²) in [4.78, 5) is 2.46.